The molecule has 0 aromatic heterocycles. The highest BCUT2D eigenvalue weighted by atomic mass is 28.4. The second-order valence-corrected chi connectivity index (χ2v) is 9.99. The highest BCUT2D eigenvalue weighted by Gasteiger charge is 2.38. The molecule has 1 aromatic rings. The van der Waals surface area contributed by atoms with Gasteiger partial charge in [-0.3, -0.25) is 0 Å². The van der Waals surface area contributed by atoms with Crippen molar-refractivity contribution in [2.75, 3.05) is 0 Å². The first-order valence-corrected chi connectivity index (χ1v) is 8.50. The molecule has 1 rings (SSSR count). The lowest BCUT2D eigenvalue weighted by Gasteiger charge is -2.38. The van der Waals surface area contributed by atoms with Gasteiger partial charge in [0.25, 0.3) is 0 Å². The Morgan fingerprint density at radius 1 is 1.06 bits per heavy atom. The van der Waals surface area contributed by atoms with Crippen molar-refractivity contribution in [3.63, 3.8) is 0 Å². The largest absolute Gasteiger partial charge is 0.408 e. The van der Waals surface area contributed by atoms with Gasteiger partial charge in [0.2, 0.25) is 8.32 Å². The van der Waals surface area contributed by atoms with Crippen LogP contribution >= 0.6 is 0 Å². The molecule has 0 N–H and O–H groups in total. The molecule has 16 heavy (non-hydrogen) atoms. The van der Waals surface area contributed by atoms with Crippen LogP contribution < -0.4 is 5.19 Å². The first-order valence-electron chi connectivity index (χ1n) is 6.01. The molecular formula is C14H24OSi. The fourth-order valence-corrected chi connectivity index (χ4v) is 5.06. The smallest absolute Gasteiger partial charge is 0.224 e. The van der Waals surface area contributed by atoms with E-state index in [4.69, 9.17) is 4.43 Å². The Morgan fingerprint density at radius 3 is 1.94 bits per heavy atom. The van der Waals surface area contributed by atoms with Gasteiger partial charge in [-0.25, -0.2) is 0 Å². The predicted octanol–water partition coefficient (Wildman–Crippen LogP) is 3.69. The van der Waals surface area contributed by atoms with Gasteiger partial charge in [-0.1, -0.05) is 44.2 Å². The van der Waals surface area contributed by atoms with E-state index < -0.39 is 8.32 Å². The van der Waals surface area contributed by atoms with Crippen LogP contribution in [0.5, 0.6) is 0 Å². The first kappa shape index (κ1) is 13.5. The van der Waals surface area contributed by atoms with Crippen LogP contribution in [-0.4, -0.2) is 13.9 Å². The summed E-state index contributed by atoms with van der Waals surface area (Å²) in [5, 5.41) is 1.39. The number of benzene rings is 1. The van der Waals surface area contributed by atoms with Gasteiger partial charge in [0.1, 0.15) is 0 Å². The first-order chi connectivity index (χ1) is 7.26. The van der Waals surface area contributed by atoms with Crippen molar-refractivity contribution >= 4 is 13.5 Å². The normalized spacial score (nSPS) is 16.2. The van der Waals surface area contributed by atoms with Crippen molar-refractivity contribution in [2.45, 2.75) is 52.3 Å². The summed E-state index contributed by atoms with van der Waals surface area (Å²) in [4.78, 5) is 0. The maximum atomic E-state index is 6.41. The summed E-state index contributed by atoms with van der Waals surface area (Å²) in [6.45, 7) is 13.3. The average molecular weight is 236 g/mol. The van der Waals surface area contributed by atoms with Gasteiger partial charge in [0.05, 0.1) is 0 Å². The van der Waals surface area contributed by atoms with Gasteiger partial charge in [-0.05, 0) is 38.0 Å². The lowest BCUT2D eigenvalue weighted by molar-refractivity contribution is 0.120. The van der Waals surface area contributed by atoms with E-state index in [1.165, 1.54) is 5.19 Å². The van der Waals surface area contributed by atoms with E-state index in [1.807, 2.05) is 0 Å². The molecule has 0 amide bonds. The predicted molar refractivity (Wildman–Crippen MR) is 73.6 cm³/mol. The fourth-order valence-electron chi connectivity index (χ4n) is 1.92. The highest BCUT2D eigenvalue weighted by Crippen LogP contribution is 2.27. The standard InChI is InChI=1S/C14H24OSi/c1-12(2)16(6,15-14(3,4)5)13-10-8-7-9-11-13/h7-12H,1-6H3. The van der Waals surface area contributed by atoms with Crippen molar-refractivity contribution in [3.8, 4) is 0 Å². The van der Waals surface area contributed by atoms with E-state index >= 15 is 0 Å². The second-order valence-electron chi connectivity index (χ2n) is 5.84. The molecule has 0 radical (unpaired) electrons. The molecule has 0 aliphatic rings. The summed E-state index contributed by atoms with van der Waals surface area (Å²) in [7, 11) is -1.84. The van der Waals surface area contributed by atoms with Crippen LogP contribution in [0.3, 0.4) is 0 Å². The molecule has 90 valence electrons. The third-order valence-corrected chi connectivity index (χ3v) is 7.69. The lowest BCUT2D eigenvalue weighted by Crippen LogP contribution is -2.54. The minimum absolute atomic E-state index is 0.0684. The Labute approximate surface area is 101 Å². The molecule has 0 fully saturated rings. The molecule has 0 spiro atoms. The molecule has 1 atom stereocenters. The molecule has 0 saturated heterocycles. The zero-order valence-corrected chi connectivity index (χ0v) is 12.4. The van der Waals surface area contributed by atoms with Gasteiger partial charge in [-0.2, -0.15) is 0 Å². The van der Waals surface area contributed by atoms with E-state index in [1.54, 1.807) is 0 Å². The van der Waals surface area contributed by atoms with E-state index in [-0.39, 0.29) is 5.60 Å². The van der Waals surface area contributed by atoms with Crippen molar-refractivity contribution in [2.24, 2.45) is 0 Å². The summed E-state index contributed by atoms with van der Waals surface area (Å²) < 4.78 is 6.41. The third-order valence-electron chi connectivity index (χ3n) is 2.97. The second kappa shape index (κ2) is 4.72. The topological polar surface area (TPSA) is 9.23 Å². The van der Waals surface area contributed by atoms with Gasteiger partial charge < -0.3 is 4.43 Å². The SMILES string of the molecule is CC(C)[Si](C)(OC(C)(C)C)c1ccccc1. The third kappa shape index (κ3) is 3.19. The van der Waals surface area contributed by atoms with E-state index in [0.717, 1.165) is 0 Å². The lowest BCUT2D eigenvalue weighted by atomic mass is 10.2. The van der Waals surface area contributed by atoms with Crippen LogP contribution in [0.1, 0.15) is 34.6 Å². The van der Waals surface area contributed by atoms with Crippen LogP contribution in [0.2, 0.25) is 12.1 Å². The maximum Gasteiger partial charge on any atom is 0.224 e. The quantitative estimate of drug-likeness (QED) is 0.727. The molecule has 0 aliphatic carbocycles. The van der Waals surface area contributed by atoms with E-state index in [9.17, 15) is 0 Å². The molecule has 1 nitrogen and oxygen atoms in total. The van der Waals surface area contributed by atoms with Crippen LogP contribution in [0.4, 0.5) is 0 Å². The molecule has 1 aromatic carbocycles. The summed E-state index contributed by atoms with van der Waals surface area (Å²) in [5.41, 5.74) is 0.510. The van der Waals surface area contributed by atoms with Crippen LogP contribution in [0.25, 0.3) is 0 Å². The molecule has 0 saturated carbocycles. The number of hydrogen-bond acceptors (Lipinski definition) is 1. The van der Waals surface area contributed by atoms with Crippen molar-refractivity contribution in [1.29, 1.82) is 0 Å². The minimum Gasteiger partial charge on any atom is -0.408 e. The maximum absolute atomic E-state index is 6.41. The van der Waals surface area contributed by atoms with Crippen molar-refractivity contribution in [1.82, 2.24) is 0 Å². The van der Waals surface area contributed by atoms with Crippen molar-refractivity contribution < 1.29 is 4.43 Å². The number of rotatable bonds is 3. The Morgan fingerprint density at radius 2 is 1.56 bits per heavy atom. The zero-order valence-electron chi connectivity index (χ0n) is 11.4. The van der Waals surface area contributed by atoms with Gasteiger partial charge in [0, 0.05) is 5.60 Å². The van der Waals surface area contributed by atoms with Crippen molar-refractivity contribution in [3.05, 3.63) is 30.3 Å². The summed E-state index contributed by atoms with van der Waals surface area (Å²) >= 11 is 0. The molecule has 0 bridgehead atoms. The molecule has 2 heteroatoms. The summed E-state index contributed by atoms with van der Waals surface area (Å²) in [6, 6.07) is 10.7. The van der Waals surface area contributed by atoms with Gasteiger partial charge in [-0.15, -0.1) is 0 Å². The Kier molecular flexibility index (Phi) is 3.97. The average Bonchev–Trinajstić information content (AvgIpc) is 2.16. The molecule has 1 unspecified atom stereocenters. The van der Waals surface area contributed by atoms with Gasteiger partial charge in [0.15, 0.2) is 0 Å². The Bertz CT molecular complexity index is 326. The molecular weight excluding hydrogens is 212 g/mol. The van der Waals surface area contributed by atoms with Gasteiger partial charge >= 0.3 is 0 Å². The Hall–Kier alpha value is -0.603. The molecule has 0 heterocycles. The minimum atomic E-state index is -1.84. The van der Waals surface area contributed by atoms with Crippen LogP contribution in [0.15, 0.2) is 30.3 Å². The Balaban J connectivity index is 3.08. The molecule has 0 aliphatic heterocycles. The van der Waals surface area contributed by atoms with Crippen LogP contribution in [0, 0.1) is 0 Å². The highest BCUT2D eigenvalue weighted by molar-refractivity contribution is 6.86. The summed E-state index contributed by atoms with van der Waals surface area (Å²) in [6.07, 6.45) is 0. The van der Waals surface area contributed by atoms with E-state index in [0.29, 0.717) is 5.54 Å². The fraction of sp³-hybridized carbons (Fsp3) is 0.571. The van der Waals surface area contributed by atoms with E-state index in [2.05, 4.69) is 71.5 Å². The zero-order chi connectivity index (χ0) is 12.4. The number of hydrogen-bond donors (Lipinski definition) is 0. The van der Waals surface area contributed by atoms with Crippen LogP contribution in [-0.2, 0) is 4.43 Å². The monoisotopic (exact) mass is 236 g/mol. The summed E-state index contributed by atoms with van der Waals surface area (Å²) in [5.74, 6) is 0.